The van der Waals surface area contributed by atoms with Gasteiger partial charge in [0.1, 0.15) is 0 Å². The Kier molecular flexibility index (Phi) is 7.96. The maximum atomic E-state index is 5.93. The zero-order valence-electron chi connectivity index (χ0n) is 12.3. The molecule has 0 amide bonds. The van der Waals surface area contributed by atoms with Crippen LogP contribution in [-0.2, 0) is 9.47 Å². The highest BCUT2D eigenvalue weighted by molar-refractivity contribution is 4.87. The van der Waals surface area contributed by atoms with Crippen molar-refractivity contribution in [2.45, 2.75) is 45.4 Å². The highest BCUT2D eigenvalue weighted by atomic mass is 16.7. The molecule has 0 aromatic heterocycles. The molecule has 0 saturated carbocycles. The molecule has 0 aliphatic rings. The van der Waals surface area contributed by atoms with Crippen LogP contribution in [0.15, 0.2) is 0 Å². The van der Waals surface area contributed by atoms with Crippen LogP contribution in [0.2, 0.25) is 0 Å². The van der Waals surface area contributed by atoms with Crippen molar-refractivity contribution in [3.8, 4) is 0 Å². The minimum Gasteiger partial charge on any atom is -0.356 e. The molecule has 0 heterocycles. The molecule has 0 aromatic carbocycles. The van der Waals surface area contributed by atoms with E-state index in [9.17, 15) is 0 Å². The first-order valence-electron chi connectivity index (χ1n) is 6.40. The van der Waals surface area contributed by atoms with E-state index in [1.165, 1.54) is 6.42 Å². The molecule has 0 aliphatic heterocycles. The van der Waals surface area contributed by atoms with Gasteiger partial charge in [0.05, 0.1) is 0 Å². The van der Waals surface area contributed by atoms with E-state index < -0.39 is 0 Å². The van der Waals surface area contributed by atoms with Crippen molar-refractivity contribution >= 4 is 0 Å². The molecule has 0 aliphatic carbocycles. The fraction of sp³-hybridized carbons (Fsp3) is 1.00. The largest absolute Gasteiger partial charge is 0.356 e. The van der Waals surface area contributed by atoms with Gasteiger partial charge in [0.25, 0.3) is 0 Å². The summed E-state index contributed by atoms with van der Waals surface area (Å²) in [6, 6.07) is 0. The quantitative estimate of drug-likeness (QED) is 0.629. The van der Waals surface area contributed by atoms with Gasteiger partial charge in [0.15, 0.2) is 6.29 Å². The van der Waals surface area contributed by atoms with Crippen molar-refractivity contribution in [2.24, 2.45) is 11.7 Å². The summed E-state index contributed by atoms with van der Waals surface area (Å²) in [5, 5.41) is 0. The van der Waals surface area contributed by atoms with Crippen molar-refractivity contribution in [2.75, 3.05) is 34.4 Å². The van der Waals surface area contributed by atoms with Gasteiger partial charge in [-0.1, -0.05) is 20.3 Å². The van der Waals surface area contributed by atoms with Crippen LogP contribution in [0.3, 0.4) is 0 Å². The minimum atomic E-state index is -0.192. The zero-order valence-corrected chi connectivity index (χ0v) is 12.3. The topological polar surface area (TPSA) is 47.7 Å². The van der Waals surface area contributed by atoms with Crippen molar-refractivity contribution in [3.05, 3.63) is 0 Å². The van der Waals surface area contributed by atoms with Gasteiger partial charge in [-0.3, -0.25) is 4.90 Å². The second-order valence-electron chi connectivity index (χ2n) is 5.20. The maximum absolute atomic E-state index is 5.93. The average Bonchev–Trinajstić information content (AvgIpc) is 2.35. The second kappa shape index (κ2) is 8.03. The second-order valence-corrected chi connectivity index (χ2v) is 5.20. The van der Waals surface area contributed by atoms with E-state index >= 15 is 0 Å². The van der Waals surface area contributed by atoms with Crippen LogP contribution < -0.4 is 5.73 Å². The lowest BCUT2D eigenvalue weighted by Crippen LogP contribution is -2.53. The number of hydrogen-bond acceptors (Lipinski definition) is 4. The third-order valence-electron chi connectivity index (χ3n) is 3.78. The molecule has 0 aromatic rings. The third kappa shape index (κ3) is 5.34. The number of methoxy groups -OCH3 is 2. The maximum Gasteiger partial charge on any atom is 0.158 e. The Balaban J connectivity index is 4.52. The molecule has 104 valence electrons. The lowest BCUT2D eigenvalue weighted by atomic mass is 9.94. The first-order chi connectivity index (χ1) is 7.93. The van der Waals surface area contributed by atoms with E-state index in [0.717, 1.165) is 13.0 Å². The predicted molar refractivity (Wildman–Crippen MR) is 72.0 cm³/mol. The van der Waals surface area contributed by atoms with Gasteiger partial charge in [-0.25, -0.2) is 0 Å². The molecule has 0 rings (SSSR count). The zero-order chi connectivity index (χ0) is 13.5. The Morgan fingerprint density at radius 3 is 2.18 bits per heavy atom. The molecule has 4 nitrogen and oxygen atoms in total. The molecule has 0 saturated heterocycles. The van der Waals surface area contributed by atoms with Gasteiger partial charge in [-0.2, -0.15) is 0 Å². The summed E-state index contributed by atoms with van der Waals surface area (Å²) in [5.74, 6) is 0.675. The number of likely N-dealkylation sites (N-methyl/N-ethyl adjacent to an activating group) is 1. The van der Waals surface area contributed by atoms with Crippen molar-refractivity contribution in [3.63, 3.8) is 0 Å². The smallest absolute Gasteiger partial charge is 0.158 e. The third-order valence-corrected chi connectivity index (χ3v) is 3.78. The van der Waals surface area contributed by atoms with E-state index in [-0.39, 0.29) is 11.8 Å². The number of hydrogen-bond donors (Lipinski definition) is 1. The van der Waals surface area contributed by atoms with Crippen LogP contribution in [-0.4, -0.2) is 51.1 Å². The highest BCUT2D eigenvalue weighted by Gasteiger charge is 2.31. The van der Waals surface area contributed by atoms with Gasteiger partial charge in [0.2, 0.25) is 0 Å². The van der Waals surface area contributed by atoms with Crippen LogP contribution in [0.25, 0.3) is 0 Å². The Hall–Kier alpha value is -0.160. The lowest BCUT2D eigenvalue weighted by molar-refractivity contribution is -0.127. The first-order valence-corrected chi connectivity index (χ1v) is 6.40. The normalized spacial score (nSPS) is 17.5. The molecule has 2 unspecified atom stereocenters. The molecule has 0 fully saturated rings. The van der Waals surface area contributed by atoms with Crippen molar-refractivity contribution in [1.82, 2.24) is 4.90 Å². The monoisotopic (exact) mass is 246 g/mol. The molecular formula is C13H30N2O2. The Morgan fingerprint density at radius 1 is 1.29 bits per heavy atom. The Bertz CT molecular complexity index is 198. The molecule has 4 heteroatoms. The predicted octanol–water partition coefficient (Wildman–Crippen LogP) is 1.69. The van der Waals surface area contributed by atoms with Gasteiger partial charge in [-0.05, 0) is 19.9 Å². The van der Waals surface area contributed by atoms with Gasteiger partial charge in [0, 0.05) is 39.3 Å². The first kappa shape index (κ1) is 16.8. The van der Waals surface area contributed by atoms with Gasteiger partial charge < -0.3 is 15.2 Å². The van der Waals surface area contributed by atoms with Gasteiger partial charge >= 0.3 is 0 Å². The number of nitrogens with two attached hydrogens (primary N) is 1. The number of nitrogens with zero attached hydrogens (tertiary/aromatic N) is 1. The summed E-state index contributed by atoms with van der Waals surface area (Å²) in [5.41, 5.74) is 5.85. The molecule has 0 bridgehead atoms. The summed E-state index contributed by atoms with van der Waals surface area (Å²) >= 11 is 0. The molecule has 0 radical (unpaired) electrons. The van der Waals surface area contributed by atoms with E-state index in [4.69, 9.17) is 15.2 Å². The number of rotatable bonds is 9. The van der Waals surface area contributed by atoms with Crippen molar-refractivity contribution < 1.29 is 9.47 Å². The Morgan fingerprint density at radius 2 is 1.82 bits per heavy atom. The molecule has 17 heavy (non-hydrogen) atoms. The minimum absolute atomic E-state index is 0.0832. The SMILES string of the molecule is CCC(C)CN(C)C(C)(CN)CC(OC)OC. The number of ether oxygens (including phenoxy) is 2. The highest BCUT2D eigenvalue weighted by Crippen LogP contribution is 2.22. The van der Waals surface area contributed by atoms with E-state index in [1.807, 2.05) is 0 Å². The summed E-state index contributed by atoms with van der Waals surface area (Å²) in [4.78, 5) is 2.33. The summed E-state index contributed by atoms with van der Waals surface area (Å²) in [6.45, 7) is 8.29. The summed E-state index contributed by atoms with van der Waals surface area (Å²) in [6.07, 6.45) is 1.77. The summed E-state index contributed by atoms with van der Waals surface area (Å²) < 4.78 is 10.5. The van der Waals surface area contributed by atoms with Crippen LogP contribution in [0.1, 0.15) is 33.6 Å². The molecular weight excluding hydrogens is 216 g/mol. The standard InChI is InChI=1S/C13H30N2O2/c1-7-11(2)9-15(4)13(3,10-14)8-12(16-5)17-6/h11-12H,7-10,14H2,1-6H3. The van der Waals surface area contributed by atoms with E-state index in [2.05, 4.69) is 32.7 Å². The average molecular weight is 246 g/mol. The van der Waals surface area contributed by atoms with Crippen LogP contribution in [0.5, 0.6) is 0 Å². The van der Waals surface area contributed by atoms with E-state index in [0.29, 0.717) is 12.5 Å². The van der Waals surface area contributed by atoms with Crippen LogP contribution in [0, 0.1) is 5.92 Å². The van der Waals surface area contributed by atoms with Crippen LogP contribution in [0.4, 0.5) is 0 Å². The van der Waals surface area contributed by atoms with Crippen molar-refractivity contribution in [1.29, 1.82) is 0 Å². The fourth-order valence-electron chi connectivity index (χ4n) is 1.83. The van der Waals surface area contributed by atoms with Crippen LogP contribution >= 0.6 is 0 Å². The fourth-order valence-corrected chi connectivity index (χ4v) is 1.83. The lowest BCUT2D eigenvalue weighted by Gasteiger charge is -2.40. The van der Waals surface area contributed by atoms with Gasteiger partial charge in [-0.15, -0.1) is 0 Å². The molecule has 2 N–H and O–H groups in total. The Labute approximate surface area is 106 Å². The molecule has 0 spiro atoms. The summed E-state index contributed by atoms with van der Waals surface area (Å²) in [7, 11) is 5.46. The molecule has 2 atom stereocenters. The van der Waals surface area contributed by atoms with E-state index in [1.54, 1.807) is 14.2 Å².